The minimum atomic E-state index is -2.34. The summed E-state index contributed by atoms with van der Waals surface area (Å²) in [5, 5.41) is 1.58. The number of carbonyl (C=O) groups excluding carboxylic acids is 1. The molecule has 3 aromatic rings. The monoisotopic (exact) mass is 567 g/mol. The van der Waals surface area contributed by atoms with Crippen molar-refractivity contribution in [1.82, 2.24) is 9.88 Å². The van der Waals surface area contributed by atoms with E-state index in [9.17, 15) is 17.9 Å². The number of hydrogen-bond donors (Lipinski definition) is 1. The summed E-state index contributed by atoms with van der Waals surface area (Å²) in [6, 6.07) is 11.2. The highest BCUT2D eigenvalue weighted by Gasteiger charge is 2.24. The van der Waals surface area contributed by atoms with Crippen molar-refractivity contribution in [3.05, 3.63) is 65.1 Å². The molecule has 0 aliphatic carbocycles. The van der Waals surface area contributed by atoms with Gasteiger partial charge in [-0.25, -0.2) is 13.4 Å². The number of nitrogens with zero attached hydrogens (tertiary/aromatic N) is 3. The largest absolute Gasteiger partial charge is 0.491 e. The van der Waals surface area contributed by atoms with E-state index < -0.39 is 28.8 Å². The number of carbonyl (C=O) groups is 1. The van der Waals surface area contributed by atoms with Crippen LogP contribution in [0.2, 0.25) is 0 Å². The van der Waals surface area contributed by atoms with E-state index in [1.807, 2.05) is 6.07 Å². The number of rotatable bonds is 9. The van der Waals surface area contributed by atoms with Crippen LogP contribution in [0.3, 0.4) is 0 Å². The quantitative estimate of drug-likeness (QED) is 0.348. The second-order valence-electron chi connectivity index (χ2n) is 8.60. The molecule has 1 N–H and O–H groups in total. The highest BCUT2D eigenvalue weighted by molar-refractivity contribution is 9.10. The molecule has 3 rings (SSSR count). The Morgan fingerprint density at radius 1 is 1.17 bits per heavy atom. The van der Waals surface area contributed by atoms with E-state index >= 15 is 0 Å². The molecule has 35 heavy (non-hydrogen) atoms. The fourth-order valence-electron chi connectivity index (χ4n) is 3.30. The van der Waals surface area contributed by atoms with Crippen LogP contribution >= 0.6 is 15.9 Å². The van der Waals surface area contributed by atoms with E-state index in [-0.39, 0.29) is 26.2 Å². The smallest absolute Gasteiger partial charge is 0.410 e. The minimum Gasteiger partial charge on any atom is -0.491 e. The maximum absolute atomic E-state index is 13.3. The maximum Gasteiger partial charge on any atom is 0.410 e. The molecule has 0 radical (unpaired) electrons. The molecule has 0 aliphatic heterocycles. The first-order chi connectivity index (χ1) is 16.5. The number of fused-ring (bicyclic) bond motifs is 1. The summed E-state index contributed by atoms with van der Waals surface area (Å²) >= 11 is 0.913. The summed E-state index contributed by atoms with van der Waals surface area (Å²) in [4.78, 5) is 18.4. The van der Waals surface area contributed by atoms with Crippen molar-refractivity contribution in [2.24, 2.45) is 0 Å². The first-order valence-electron chi connectivity index (χ1n) is 10.8. The molecule has 0 saturated carbocycles. The summed E-state index contributed by atoms with van der Waals surface area (Å²) in [5.41, 5.74) is -0.181. The van der Waals surface area contributed by atoms with E-state index in [0.29, 0.717) is 15.9 Å². The van der Waals surface area contributed by atoms with E-state index in [2.05, 4.69) is 20.9 Å². The molecule has 0 bridgehead atoms. The molecule has 0 saturated heterocycles. The van der Waals surface area contributed by atoms with Crippen LogP contribution in [0.4, 0.5) is 14.9 Å². The van der Waals surface area contributed by atoms with Crippen molar-refractivity contribution < 1.29 is 27.4 Å². The SMILES string of the molecule is CC(C)(C)OC(=O)N(CCOc1ccc(F)cc1Br)CCN(c1cccc2cnccc12)S(=O)O. The Morgan fingerprint density at radius 2 is 1.94 bits per heavy atom. The lowest BCUT2D eigenvalue weighted by atomic mass is 10.1. The van der Waals surface area contributed by atoms with E-state index in [1.165, 1.54) is 27.4 Å². The van der Waals surface area contributed by atoms with Crippen LogP contribution < -0.4 is 9.04 Å². The van der Waals surface area contributed by atoms with Crippen LogP contribution in [0.1, 0.15) is 20.8 Å². The molecule has 0 fully saturated rings. The van der Waals surface area contributed by atoms with Gasteiger partial charge in [0.1, 0.15) is 23.8 Å². The van der Waals surface area contributed by atoms with Gasteiger partial charge in [0, 0.05) is 29.7 Å². The van der Waals surface area contributed by atoms with Crippen molar-refractivity contribution in [1.29, 1.82) is 0 Å². The topological polar surface area (TPSA) is 92.2 Å². The van der Waals surface area contributed by atoms with E-state index in [0.717, 1.165) is 10.8 Å². The zero-order chi connectivity index (χ0) is 25.6. The predicted molar refractivity (Wildman–Crippen MR) is 137 cm³/mol. The average Bonchev–Trinajstić information content (AvgIpc) is 2.78. The van der Waals surface area contributed by atoms with Gasteiger partial charge < -0.3 is 14.4 Å². The number of hydrogen-bond acceptors (Lipinski definition) is 5. The van der Waals surface area contributed by atoms with Crippen molar-refractivity contribution in [3.8, 4) is 5.75 Å². The van der Waals surface area contributed by atoms with Crippen molar-refractivity contribution in [3.63, 3.8) is 0 Å². The molecule has 1 aromatic heterocycles. The van der Waals surface area contributed by atoms with Crippen LogP contribution in [0.15, 0.2) is 59.3 Å². The van der Waals surface area contributed by atoms with Crippen LogP contribution in [-0.4, -0.2) is 56.6 Å². The molecule has 11 heteroatoms. The number of anilines is 1. The van der Waals surface area contributed by atoms with Gasteiger partial charge >= 0.3 is 6.09 Å². The number of pyridine rings is 1. The van der Waals surface area contributed by atoms with Crippen LogP contribution in [0.25, 0.3) is 10.8 Å². The van der Waals surface area contributed by atoms with Gasteiger partial charge in [-0.1, -0.05) is 12.1 Å². The molecule has 1 heterocycles. The zero-order valence-corrected chi connectivity index (χ0v) is 22.0. The summed E-state index contributed by atoms with van der Waals surface area (Å²) in [7, 11) is 0. The standard InChI is InChI=1S/C24H27BrFN3O5S/c1-24(2,3)34-23(30)28(13-14-33-22-8-7-18(26)15-20(22)25)11-12-29(35(31)32)21-6-4-5-17-16-27-10-9-19(17)21/h4-10,15-16H,11-14H2,1-3H3,(H,31,32). The molecule has 188 valence electrons. The fraction of sp³-hybridized carbons (Fsp3) is 0.333. The van der Waals surface area contributed by atoms with Gasteiger partial charge in [0.15, 0.2) is 0 Å². The van der Waals surface area contributed by atoms with Gasteiger partial charge in [-0.15, -0.1) is 0 Å². The Hall–Kier alpha value is -2.76. The number of benzene rings is 2. The lowest BCUT2D eigenvalue weighted by molar-refractivity contribution is 0.0232. The molecule has 2 aromatic carbocycles. The third-order valence-electron chi connectivity index (χ3n) is 4.85. The molecule has 1 amide bonds. The zero-order valence-electron chi connectivity index (χ0n) is 19.6. The summed E-state index contributed by atoms with van der Waals surface area (Å²) in [6.45, 7) is 5.67. The van der Waals surface area contributed by atoms with Crippen LogP contribution in [-0.2, 0) is 16.0 Å². The predicted octanol–water partition coefficient (Wildman–Crippen LogP) is 5.40. The fourth-order valence-corrected chi connectivity index (χ4v) is 4.33. The summed E-state index contributed by atoms with van der Waals surface area (Å²) in [5.74, 6) is 0.0268. The van der Waals surface area contributed by atoms with Crippen molar-refractivity contribution >= 4 is 49.7 Å². The Kier molecular flexibility index (Phi) is 9.03. The van der Waals surface area contributed by atoms with Crippen LogP contribution in [0.5, 0.6) is 5.75 Å². The Labute approximate surface area is 214 Å². The van der Waals surface area contributed by atoms with Gasteiger partial charge in [-0.05, 0) is 67.0 Å². The Balaban J connectivity index is 1.76. The number of aromatic nitrogens is 1. The Morgan fingerprint density at radius 3 is 2.63 bits per heavy atom. The van der Waals surface area contributed by atoms with E-state index in [4.69, 9.17) is 9.47 Å². The van der Waals surface area contributed by atoms with Gasteiger partial charge in [-0.3, -0.25) is 13.8 Å². The average molecular weight is 568 g/mol. The number of halogens is 2. The molecule has 1 atom stereocenters. The van der Waals surface area contributed by atoms with E-state index in [1.54, 1.807) is 51.4 Å². The molecular weight excluding hydrogens is 541 g/mol. The van der Waals surface area contributed by atoms with Gasteiger partial charge in [0.05, 0.1) is 23.2 Å². The first kappa shape index (κ1) is 26.8. The third kappa shape index (κ3) is 7.61. The number of ether oxygens (including phenoxy) is 2. The lowest BCUT2D eigenvalue weighted by Gasteiger charge is -2.29. The Bertz CT molecular complexity index is 1200. The molecule has 8 nitrogen and oxygen atoms in total. The minimum absolute atomic E-state index is 0.0596. The van der Waals surface area contributed by atoms with Gasteiger partial charge in [0.2, 0.25) is 0 Å². The third-order valence-corrected chi connectivity index (χ3v) is 6.23. The highest BCUT2D eigenvalue weighted by Crippen LogP contribution is 2.27. The second kappa shape index (κ2) is 11.8. The van der Waals surface area contributed by atoms with Gasteiger partial charge in [0.25, 0.3) is 11.3 Å². The molecule has 0 spiro atoms. The molecule has 0 aliphatic rings. The second-order valence-corrected chi connectivity index (χ2v) is 10.4. The molecule has 1 unspecified atom stereocenters. The van der Waals surface area contributed by atoms with Crippen molar-refractivity contribution in [2.45, 2.75) is 26.4 Å². The maximum atomic E-state index is 13.3. The lowest BCUT2D eigenvalue weighted by Crippen LogP contribution is -2.43. The summed E-state index contributed by atoms with van der Waals surface area (Å²) in [6.07, 6.45) is 2.71. The highest BCUT2D eigenvalue weighted by atomic mass is 79.9. The summed E-state index contributed by atoms with van der Waals surface area (Å²) < 4.78 is 48.6. The van der Waals surface area contributed by atoms with Crippen LogP contribution in [0, 0.1) is 5.82 Å². The number of amides is 1. The first-order valence-corrected chi connectivity index (χ1v) is 12.7. The van der Waals surface area contributed by atoms with Crippen molar-refractivity contribution in [2.75, 3.05) is 30.5 Å². The normalized spacial score (nSPS) is 12.3. The van der Waals surface area contributed by atoms with Gasteiger partial charge in [-0.2, -0.15) is 0 Å². The molecular formula is C24H27BrFN3O5S.